The highest BCUT2D eigenvalue weighted by atomic mass is 16.7. The number of aryl methyl sites for hydroxylation is 1. The van der Waals surface area contributed by atoms with Crippen LogP contribution in [0, 0.1) is 6.92 Å². The molecule has 166 valence electrons. The standard InChI is InChI=1S/C25H27N3O4/c1-3-31-27-24(29)28-13-10-25(11-14-28)30-16-20-15-19(7-9-22(20)32-25)21-8-6-18-5-4-12-26-23(18)17(21)2/h4-9,12,15H,3,10-11,13-14,16H2,1-2H3,(H,27,29). The molecule has 2 aromatic carbocycles. The Morgan fingerprint density at radius 1 is 1.22 bits per heavy atom. The molecule has 7 nitrogen and oxygen atoms in total. The Labute approximate surface area is 187 Å². The van der Waals surface area contributed by atoms with E-state index in [1.807, 2.05) is 25.3 Å². The number of rotatable bonds is 3. The van der Waals surface area contributed by atoms with Crippen molar-refractivity contribution in [2.45, 2.75) is 39.1 Å². The summed E-state index contributed by atoms with van der Waals surface area (Å²) < 4.78 is 12.5. The first-order valence-corrected chi connectivity index (χ1v) is 11.1. The van der Waals surface area contributed by atoms with Gasteiger partial charge in [-0.25, -0.2) is 10.3 Å². The third kappa shape index (κ3) is 3.78. The number of aromatic nitrogens is 1. The van der Waals surface area contributed by atoms with Crippen molar-refractivity contribution in [1.29, 1.82) is 0 Å². The van der Waals surface area contributed by atoms with Crippen LogP contribution in [0.5, 0.6) is 5.75 Å². The van der Waals surface area contributed by atoms with E-state index in [-0.39, 0.29) is 6.03 Å². The van der Waals surface area contributed by atoms with Gasteiger partial charge in [-0.2, -0.15) is 0 Å². The van der Waals surface area contributed by atoms with E-state index in [4.69, 9.17) is 14.3 Å². The van der Waals surface area contributed by atoms with Crippen molar-refractivity contribution >= 4 is 16.9 Å². The van der Waals surface area contributed by atoms with Crippen LogP contribution in [0.3, 0.4) is 0 Å². The third-order valence-corrected chi connectivity index (χ3v) is 6.30. The number of fused-ring (bicyclic) bond motifs is 2. The predicted octanol–water partition coefficient (Wildman–Crippen LogP) is 4.57. The van der Waals surface area contributed by atoms with E-state index >= 15 is 0 Å². The second-order valence-corrected chi connectivity index (χ2v) is 8.26. The molecular formula is C25H27N3O4. The quantitative estimate of drug-likeness (QED) is 0.613. The van der Waals surface area contributed by atoms with Crippen LogP contribution in [0.25, 0.3) is 22.0 Å². The van der Waals surface area contributed by atoms with Crippen LogP contribution in [0.15, 0.2) is 48.7 Å². The van der Waals surface area contributed by atoms with Crippen LogP contribution in [0.1, 0.15) is 30.9 Å². The van der Waals surface area contributed by atoms with Gasteiger partial charge in [-0.1, -0.05) is 24.3 Å². The fraction of sp³-hybridized carbons (Fsp3) is 0.360. The fourth-order valence-corrected chi connectivity index (χ4v) is 4.50. The van der Waals surface area contributed by atoms with Gasteiger partial charge in [-0.15, -0.1) is 0 Å². The van der Waals surface area contributed by atoms with Gasteiger partial charge in [0.1, 0.15) is 5.75 Å². The maximum Gasteiger partial charge on any atom is 0.341 e. The smallest absolute Gasteiger partial charge is 0.341 e. The van der Waals surface area contributed by atoms with Crippen molar-refractivity contribution in [1.82, 2.24) is 15.4 Å². The van der Waals surface area contributed by atoms with E-state index in [0.29, 0.717) is 39.1 Å². The Balaban J connectivity index is 1.33. The van der Waals surface area contributed by atoms with Crippen LogP contribution in [-0.4, -0.2) is 41.4 Å². The van der Waals surface area contributed by atoms with Gasteiger partial charge in [-0.05, 0) is 48.7 Å². The summed E-state index contributed by atoms with van der Waals surface area (Å²) in [6.45, 7) is 5.96. The number of nitrogens with zero attached hydrogens (tertiary/aromatic N) is 2. The number of likely N-dealkylation sites (tertiary alicyclic amines) is 1. The lowest BCUT2D eigenvalue weighted by atomic mass is 9.95. The van der Waals surface area contributed by atoms with Gasteiger partial charge in [-0.3, -0.25) is 9.82 Å². The molecule has 7 heteroatoms. The van der Waals surface area contributed by atoms with Crippen LogP contribution in [0.4, 0.5) is 4.79 Å². The van der Waals surface area contributed by atoms with Gasteiger partial charge in [0.15, 0.2) is 0 Å². The number of pyridine rings is 1. The molecule has 2 aliphatic rings. The van der Waals surface area contributed by atoms with Crippen LogP contribution in [0.2, 0.25) is 0 Å². The molecule has 1 saturated heterocycles. The molecule has 1 N–H and O–H groups in total. The molecule has 1 fully saturated rings. The predicted molar refractivity (Wildman–Crippen MR) is 121 cm³/mol. The van der Waals surface area contributed by atoms with Gasteiger partial charge >= 0.3 is 6.03 Å². The van der Waals surface area contributed by atoms with Crippen LogP contribution < -0.4 is 10.2 Å². The van der Waals surface area contributed by atoms with E-state index < -0.39 is 5.79 Å². The fourth-order valence-electron chi connectivity index (χ4n) is 4.50. The van der Waals surface area contributed by atoms with E-state index in [0.717, 1.165) is 38.9 Å². The van der Waals surface area contributed by atoms with Crippen molar-refractivity contribution in [3.63, 3.8) is 0 Å². The first-order valence-electron chi connectivity index (χ1n) is 11.1. The van der Waals surface area contributed by atoms with Crippen molar-refractivity contribution < 1.29 is 19.1 Å². The highest BCUT2D eigenvalue weighted by Gasteiger charge is 2.42. The number of carbonyl (C=O) groups excluding carboxylic acids is 1. The lowest BCUT2D eigenvalue weighted by Crippen LogP contribution is -2.54. The van der Waals surface area contributed by atoms with E-state index in [9.17, 15) is 4.79 Å². The second kappa shape index (κ2) is 8.41. The third-order valence-electron chi connectivity index (χ3n) is 6.30. The summed E-state index contributed by atoms with van der Waals surface area (Å²) in [6.07, 6.45) is 3.06. The zero-order chi connectivity index (χ0) is 22.1. The number of carbonyl (C=O) groups is 1. The molecule has 1 aromatic heterocycles. The largest absolute Gasteiger partial charge is 0.462 e. The second-order valence-electron chi connectivity index (χ2n) is 8.26. The Morgan fingerprint density at radius 2 is 2.06 bits per heavy atom. The topological polar surface area (TPSA) is 72.9 Å². The van der Waals surface area contributed by atoms with Gasteiger partial charge in [0.25, 0.3) is 0 Å². The van der Waals surface area contributed by atoms with E-state index in [1.165, 1.54) is 0 Å². The number of hydroxylamine groups is 1. The van der Waals surface area contributed by atoms with Crippen molar-refractivity contribution in [2.75, 3.05) is 19.7 Å². The first-order chi connectivity index (χ1) is 15.6. The number of nitrogens with one attached hydrogen (secondary N) is 1. The number of hydrogen-bond donors (Lipinski definition) is 1. The number of ether oxygens (including phenoxy) is 2. The summed E-state index contributed by atoms with van der Waals surface area (Å²) in [7, 11) is 0. The summed E-state index contributed by atoms with van der Waals surface area (Å²) >= 11 is 0. The molecular weight excluding hydrogens is 406 g/mol. The van der Waals surface area contributed by atoms with Crippen molar-refractivity contribution in [3.8, 4) is 16.9 Å². The zero-order valence-corrected chi connectivity index (χ0v) is 18.4. The van der Waals surface area contributed by atoms with Crippen molar-refractivity contribution in [2.24, 2.45) is 0 Å². The highest BCUT2D eigenvalue weighted by molar-refractivity contribution is 5.88. The lowest BCUT2D eigenvalue weighted by molar-refractivity contribution is -0.225. The number of hydrogen-bond acceptors (Lipinski definition) is 5. The van der Waals surface area contributed by atoms with Crippen LogP contribution >= 0.6 is 0 Å². The van der Waals surface area contributed by atoms with Crippen LogP contribution in [-0.2, 0) is 16.2 Å². The van der Waals surface area contributed by atoms with Gasteiger partial charge in [0.2, 0.25) is 5.79 Å². The molecule has 1 spiro atoms. The molecule has 32 heavy (non-hydrogen) atoms. The Bertz CT molecular complexity index is 1160. The van der Waals surface area contributed by atoms with Gasteiger partial charge < -0.3 is 14.4 Å². The average molecular weight is 434 g/mol. The monoisotopic (exact) mass is 433 g/mol. The minimum atomic E-state index is -0.681. The minimum absolute atomic E-state index is 0.220. The molecule has 0 saturated carbocycles. The molecule has 0 bridgehead atoms. The minimum Gasteiger partial charge on any atom is -0.462 e. The number of urea groups is 1. The molecule has 0 aliphatic carbocycles. The number of benzene rings is 2. The maximum atomic E-state index is 12.1. The van der Waals surface area contributed by atoms with E-state index in [1.54, 1.807) is 4.90 Å². The summed E-state index contributed by atoms with van der Waals surface area (Å²) in [5.74, 6) is 0.170. The number of piperidine rings is 1. The van der Waals surface area contributed by atoms with Gasteiger partial charge in [0.05, 0.1) is 18.7 Å². The summed E-state index contributed by atoms with van der Waals surface area (Å²) in [6, 6.07) is 14.4. The molecule has 3 aromatic rings. The normalized spacial score (nSPS) is 17.1. The molecule has 2 amide bonds. The molecule has 2 aliphatic heterocycles. The summed E-state index contributed by atoms with van der Waals surface area (Å²) in [5.41, 5.74) is 7.95. The highest BCUT2D eigenvalue weighted by Crippen LogP contribution is 2.40. The average Bonchev–Trinajstić information content (AvgIpc) is 2.83. The SMILES string of the molecule is CCONC(=O)N1CCC2(CC1)OCc1cc(-c3ccc4cccnc4c3C)ccc1O2. The molecule has 0 unspecified atom stereocenters. The Kier molecular flexibility index (Phi) is 5.45. The van der Waals surface area contributed by atoms with Gasteiger partial charge in [0, 0.05) is 43.1 Å². The molecule has 0 atom stereocenters. The zero-order valence-electron chi connectivity index (χ0n) is 18.4. The molecule has 5 rings (SSSR count). The lowest BCUT2D eigenvalue weighted by Gasteiger charge is -2.43. The summed E-state index contributed by atoms with van der Waals surface area (Å²) in [5, 5.41) is 1.14. The maximum absolute atomic E-state index is 12.1. The molecule has 0 radical (unpaired) electrons. The Hall–Kier alpha value is -3.16. The van der Waals surface area contributed by atoms with E-state index in [2.05, 4.69) is 47.7 Å². The first kappa shape index (κ1) is 20.7. The Morgan fingerprint density at radius 3 is 2.88 bits per heavy atom. The number of amides is 2. The summed E-state index contributed by atoms with van der Waals surface area (Å²) in [4.78, 5) is 23.4. The van der Waals surface area contributed by atoms with Crippen molar-refractivity contribution in [3.05, 3.63) is 59.8 Å². The molecule has 3 heterocycles.